The molecule has 0 bridgehead atoms. The summed E-state index contributed by atoms with van der Waals surface area (Å²) in [7, 11) is 0. The fourth-order valence-corrected chi connectivity index (χ4v) is 1.82. The molecule has 1 saturated heterocycles. The number of hydrazine groups is 1. The number of hydrogen-bond acceptors (Lipinski definition) is 6. The summed E-state index contributed by atoms with van der Waals surface area (Å²) in [5.74, 6) is 9.81. The van der Waals surface area contributed by atoms with Gasteiger partial charge in [-0.15, -0.1) is 0 Å². The van der Waals surface area contributed by atoms with Crippen LogP contribution in [0.1, 0.15) is 54.4 Å². The molecule has 1 fully saturated rings. The number of nitrogens with zero attached hydrogens (tertiary/aromatic N) is 2. The Labute approximate surface area is 156 Å². The molecular formula is C16H37N7O3. The Kier molecular flexibility index (Phi) is 20.8. The van der Waals surface area contributed by atoms with E-state index in [1.54, 1.807) is 11.8 Å². The van der Waals surface area contributed by atoms with Gasteiger partial charge in [0.25, 0.3) is 0 Å². The predicted molar refractivity (Wildman–Crippen MR) is 104 cm³/mol. The van der Waals surface area contributed by atoms with Crippen LogP contribution in [0.15, 0.2) is 5.10 Å². The van der Waals surface area contributed by atoms with E-state index in [0.29, 0.717) is 18.9 Å². The zero-order valence-electron chi connectivity index (χ0n) is 17.0. The third kappa shape index (κ3) is 15.2. The molecule has 0 aromatic carbocycles. The van der Waals surface area contributed by atoms with Crippen LogP contribution >= 0.6 is 0 Å². The first-order valence-corrected chi connectivity index (χ1v) is 8.84. The zero-order valence-corrected chi connectivity index (χ0v) is 17.0. The second-order valence-electron chi connectivity index (χ2n) is 4.81. The maximum atomic E-state index is 10.9. The SMILES string of the molecule is CC.CC.CC(=O)N1CCC(C(N)=O)CC1.CC(=O)NC/C(=N/N)NN. The maximum Gasteiger partial charge on any atom is 0.220 e. The minimum atomic E-state index is -0.238. The van der Waals surface area contributed by atoms with E-state index in [0.717, 1.165) is 12.8 Å². The van der Waals surface area contributed by atoms with Crippen LogP contribution in [0.2, 0.25) is 0 Å². The van der Waals surface area contributed by atoms with Crippen LogP contribution in [0.25, 0.3) is 0 Å². The van der Waals surface area contributed by atoms with Gasteiger partial charge in [0.15, 0.2) is 5.84 Å². The van der Waals surface area contributed by atoms with Crippen molar-refractivity contribution in [2.24, 2.45) is 28.4 Å². The number of rotatable bonds is 3. The fourth-order valence-electron chi connectivity index (χ4n) is 1.82. The number of nitrogens with one attached hydrogen (secondary N) is 2. The molecule has 1 heterocycles. The van der Waals surface area contributed by atoms with Crippen LogP contribution < -0.4 is 28.2 Å². The number of hydrazone groups is 1. The molecule has 0 unspecified atom stereocenters. The van der Waals surface area contributed by atoms with Crippen LogP contribution in [0.4, 0.5) is 0 Å². The van der Waals surface area contributed by atoms with E-state index in [1.807, 2.05) is 27.7 Å². The fraction of sp³-hybridized carbons (Fsp3) is 0.750. The zero-order chi connectivity index (χ0) is 21.1. The predicted octanol–water partition coefficient (Wildman–Crippen LogP) is -0.359. The van der Waals surface area contributed by atoms with Gasteiger partial charge in [-0.1, -0.05) is 27.7 Å². The highest BCUT2D eigenvalue weighted by Gasteiger charge is 2.23. The Bertz CT molecular complexity index is 398. The lowest BCUT2D eigenvalue weighted by molar-refractivity contribution is -0.132. The van der Waals surface area contributed by atoms with Crippen LogP contribution in [-0.2, 0) is 14.4 Å². The lowest BCUT2D eigenvalue weighted by Gasteiger charge is -2.29. The normalized spacial score (nSPS) is 13.5. The average Bonchev–Trinajstić information content (AvgIpc) is 2.66. The summed E-state index contributed by atoms with van der Waals surface area (Å²) in [6.45, 7) is 12.5. The molecule has 1 aliphatic rings. The molecule has 1 aliphatic heterocycles. The highest BCUT2D eigenvalue weighted by Crippen LogP contribution is 2.16. The summed E-state index contributed by atoms with van der Waals surface area (Å²) in [5, 5.41) is 5.70. The monoisotopic (exact) mass is 375 g/mol. The Hall–Kier alpha value is -2.36. The maximum absolute atomic E-state index is 10.9. The van der Waals surface area contributed by atoms with E-state index < -0.39 is 0 Å². The van der Waals surface area contributed by atoms with Crippen molar-refractivity contribution in [3.05, 3.63) is 0 Å². The van der Waals surface area contributed by atoms with Crippen molar-refractivity contribution < 1.29 is 14.4 Å². The van der Waals surface area contributed by atoms with Crippen LogP contribution in [0.3, 0.4) is 0 Å². The second kappa shape index (κ2) is 19.0. The van der Waals surface area contributed by atoms with E-state index in [9.17, 15) is 14.4 Å². The van der Waals surface area contributed by atoms with Crippen molar-refractivity contribution in [1.29, 1.82) is 0 Å². The Balaban J connectivity index is -0.000000346. The smallest absolute Gasteiger partial charge is 0.220 e. The summed E-state index contributed by atoms with van der Waals surface area (Å²) >= 11 is 0. The van der Waals surface area contributed by atoms with Gasteiger partial charge in [-0.05, 0) is 12.8 Å². The van der Waals surface area contributed by atoms with E-state index in [-0.39, 0.29) is 30.2 Å². The number of primary amides is 1. The standard InChI is InChI=1S/C8H14N2O2.C4H11N5O.2C2H6/c1-6(11)10-4-2-7(3-5-10)8(9)12;1-3(10)7-2-4(8-5)9-6;2*1-2/h7H,2-5H2,1H3,(H2,9,12);2,5-6H2,1H3,(H,7,10)(H,8,9);2*1-2H3. The molecule has 1 rings (SSSR count). The van der Waals surface area contributed by atoms with Gasteiger partial charge in [0, 0.05) is 32.9 Å². The molecule has 0 saturated carbocycles. The van der Waals surface area contributed by atoms with Crippen molar-refractivity contribution in [3.8, 4) is 0 Å². The molecule has 10 nitrogen and oxygen atoms in total. The number of carbonyl (C=O) groups excluding carboxylic acids is 3. The number of hydrogen-bond donors (Lipinski definition) is 5. The Morgan fingerprint density at radius 3 is 1.81 bits per heavy atom. The van der Waals surface area contributed by atoms with E-state index in [4.69, 9.17) is 17.4 Å². The lowest BCUT2D eigenvalue weighted by atomic mass is 9.96. The van der Waals surface area contributed by atoms with Gasteiger partial charge in [-0.3, -0.25) is 14.4 Å². The summed E-state index contributed by atoms with van der Waals surface area (Å²) in [6.07, 6.45) is 1.43. The number of likely N-dealkylation sites (tertiary alicyclic amines) is 1. The number of piperidine rings is 1. The average molecular weight is 376 g/mol. The summed E-state index contributed by atoms with van der Waals surface area (Å²) < 4.78 is 0. The van der Waals surface area contributed by atoms with Crippen molar-refractivity contribution in [2.75, 3.05) is 19.6 Å². The first-order valence-electron chi connectivity index (χ1n) is 8.84. The molecule has 0 aliphatic carbocycles. The molecule has 154 valence electrons. The lowest BCUT2D eigenvalue weighted by Crippen LogP contribution is -2.40. The van der Waals surface area contributed by atoms with Gasteiger partial charge in [-0.2, -0.15) is 5.10 Å². The molecule has 0 radical (unpaired) electrons. The van der Waals surface area contributed by atoms with Crippen molar-refractivity contribution in [1.82, 2.24) is 15.6 Å². The van der Waals surface area contributed by atoms with Gasteiger partial charge < -0.3 is 27.2 Å². The molecule has 10 heteroatoms. The quantitative estimate of drug-likeness (QED) is 0.195. The summed E-state index contributed by atoms with van der Waals surface area (Å²) in [4.78, 5) is 33.7. The molecule has 0 atom stereocenters. The van der Waals surface area contributed by atoms with Gasteiger partial charge in [0.05, 0.1) is 6.54 Å². The summed E-state index contributed by atoms with van der Waals surface area (Å²) in [6, 6.07) is 0. The van der Waals surface area contributed by atoms with Gasteiger partial charge >= 0.3 is 0 Å². The molecule has 3 amide bonds. The van der Waals surface area contributed by atoms with Gasteiger partial charge in [-0.25, -0.2) is 5.84 Å². The van der Waals surface area contributed by atoms with Crippen molar-refractivity contribution in [2.45, 2.75) is 54.4 Å². The van der Waals surface area contributed by atoms with Gasteiger partial charge in [0.2, 0.25) is 17.7 Å². The van der Waals surface area contributed by atoms with Crippen LogP contribution in [-0.4, -0.2) is 48.1 Å². The van der Waals surface area contributed by atoms with Gasteiger partial charge in [0.1, 0.15) is 0 Å². The highest BCUT2D eigenvalue weighted by molar-refractivity contribution is 5.87. The number of nitrogens with two attached hydrogens (primary N) is 3. The third-order valence-corrected chi connectivity index (χ3v) is 3.17. The minimum absolute atomic E-state index is 0.0272. The molecule has 8 N–H and O–H groups in total. The van der Waals surface area contributed by atoms with Crippen molar-refractivity contribution in [3.63, 3.8) is 0 Å². The third-order valence-electron chi connectivity index (χ3n) is 3.17. The largest absolute Gasteiger partial charge is 0.369 e. The molecule has 0 aromatic rings. The van der Waals surface area contributed by atoms with E-state index in [1.165, 1.54) is 6.92 Å². The number of amidine groups is 1. The van der Waals surface area contributed by atoms with E-state index >= 15 is 0 Å². The second-order valence-corrected chi connectivity index (χ2v) is 4.81. The number of amides is 3. The first kappa shape index (κ1) is 28.4. The highest BCUT2D eigenvalue weighted by atomic mass is 16.2. The topological polar surface area (TPSA) is 169 Å². The summed E-state index contributed by atoms with van der Waals surface area (Å²) in [5.41, 5.74) is 7.36. The van der Waals surface area contributed by atoms with E-state index in [2.05, 4.69) is 15.8 Å². The van der Waals surface area contributed by atoms with Crippen LogP contribution in [0, 0.1) is 5.92 Å². The Morgan fingerprint density at radius 2 is 1.54 bits per heavy atom. The number of carbonyl (C=O) groups is 3. The molecule has 26 heavy (non-hydrogen) atoms. The minimum Gasteiger partial charge on any atom is -0.369 e. The van der Waals surface area contributed by atoms with Crippen LogP contribution in [0.5, 0.6) is 0 Å². The Morgan fingerprint density at radius 1 is 1.08 bits per heavy atom. The molecule has 0 aromatic heterocycles. The molecule has 0 spiro atoms. The first-order chi connectivity index (χ1) is 12.3. The van der Waals surface area contributed by atoms with Crippen molar-refractivity contribution >= 4 is 23.6 Å². The molecular weight excluding hydrogens is 338 g/mol.